The first-order valence-corrected chi connectivity index (χ1v) is 11.4. The van der Waals surface area contributed by atoms with Crippen LogP contribution >= 0.6 is 0 Å². The van der Waals surface area contributed by atoms with Gasteiger partial charge in [-0.3, -0.25) is 9.69 Å². The average Bonchev–Trinajstić information content (AvgIpc) is 3.35. The second kappa shape index (κ2) is 10.5. The Morgan fingerprint density at radius 2 is 2.06 bits per heavy atom. The predicted molar refractivity (Wildman–Crippen MR) is 127 cm³/mol. The van der Waals surface area contributed by atoms with Crippen molar-refractivity contribution in [3.63, 3.8) is 0 Å². The lowest BCUT2D eigenvalue weighted by atomic mass is 9.93. The molecule has 3 aromatic rings. The number of carbonyl (C=O) groups excluding carboxylic acids is 1. The minimum absolute atomic E-state index is 0.0876. The molecule has 0 unspecified atom stereocenters. The molecular weight excluding hydrogens is 400 g/mol. The van der Waals surface area contributed by atoms with Crippen molar-refractivity contribution in [1.82, 2.24) is 14.7 Å². The fourth-order valence-electron chi connectivity index (χ4n) is 4.42. The molecule has 1 aromatic heterocycles. The number of piperidine rings is 1. The molecule has 1 aliphatic rings. The van der Waals surface area contributed by atoms with Crippen LogP contribution < -0.4 is 10.1 Å². The van der Waals surface area contributed by atoms with Crippen molar-refractivity contribution in [2.45, 2.75) is 39.2 Å². The van der Waals surface area contributed by atoms with Gasteiger partial charge in [0.15, 0.2) is 0 Å². The Bertz CT molecular complexity index is 1010. The summed E-state index contributed by atoms with van der Waals surface area (Å²) in [6, 6.07) is 16.3. The van der Waals surface area contributed by atoms with Crippen molar-refractivity contribution >= 4 is 11.6 Å². The molecule has 4 rings (SSSR count). The minimum atomic E-state index is 0.0876. The monoisotopic (exact) mass is 432 g/mol. The second-order valence-electron chi connectivity index (χ2n) is 8.63. The largest absolute Gasteiger partial charge is 0.497 e. The molecule has 1 N–H and O–H groups in total. The summed E-state index contributed by atoms with van der Waals surface area (Å²) < 4.78 is 7.11. The number of methoxy groups -OCH3 is 1. The Morgan fingerprint density at radius 3 is 2.78 bits per heavy atom. The summed E-state index contributed by atoms with van der Waals surface area (Å²) in [5, 5.41) is 7.34. The van der Waals surface area contributed by atoms with Crippen molar-refractivity contribution in [2.24, 2.45) is 5.92 Å². The van der Waals surface area contributed by atoms with Gasteiger partial charge in [-0.15, -0.1) is 0 Å². The van der Waals surface area contributed by atoms with Crippen LogP contribution in [0.5, 0.6) is 5.75 Å². The van der Waals surface area contributed by atoms with Gasteiger partial charge in [-0.2, -0.15) is 5.10 Å². The number of likely N-dealkylation sites (tertiary alicyclic amines) is 1. The van der Waals surface area contributed by atoms with E-state index in [1.807, 2.05) is 42.1 Å². The fraction of sp³-hybridized carbons (Fsp3) is 0.385. The van der Waals surface area contributed by atoms with Crippen LogP contribution in [0, 0.1) is 12.8 Å². The third-order valence-corrected chi connectivity index (χ3v) is 6.20. The molecule has 2 aromatic carbocycles. The molecule has 1 amide bonds. The molecule has 0 radical (unpaired) electrons. The van der Waals surface area contributed by atoms with Crippen LogP contribution in [-0.4, -0.2) is 40.8 Å². The van der Waals surface area contributed by atoms with Gasteiger partial charge in [0.05, 0.1) is 12.8 Å². The van der Waals surface area contributed by atoms with E-state index in [4.69, 9.17) is 4.74 Å². The zero-order valence-corrected chi connectivity index (χ0v) is 19.0. The van der Waals surface area contributed by atoms with E-state index >= 15 is 0 Å². The molecule has 6 heteroatoms. The Kier molecular flexibility index (Phi) is 7.22. The third kappa shape index (κ3) is 5.77. The number of carbonyl (C=O) groups is 1. The zero-order chi connectivity index (χ0) is 22.3. The highest BCUT2D eigenvalue weighted by Gasteiger charge is 2.21. The molecule has 1 saturated heterocycles. The lowest BCUT2D eigenvalue weighted by molar-refractivity contribution is -0.116. The number of aromatic nitrogens is 2. The summed E-state index contributed by atoms with van der Waals surface area (Å²) >= 11 is 0. The van der Waals surface area contributed by atoms with Gasteiger partial charge in [0.1, 0.15) is 5.75 Å². The Morgan fingerprint density at radius 1 is 1.22 bits per heavy atom. The molecule has 0 aliphatic carbocycles. The highest BCUT2D eigenvalue weighted by Crippen LogP contribution is 2.24. The average molecular weight is 433 g/mol. The number of hydrogen-bond acceptors (Lipinski definition) is 4. The van der Waals surface area contributed by atoms with E-state index in [-0.39, 0.29) is 5.91 Å². The number of nitrogens with one attached hydrogen (secondary N) is 1. The molecule has 6 nitrogen and oxygen atoms in total. The number of ether oxygens (including phenoxy) is 1. The van der Waals surface area contributed by atoms with E-state index in [9.17, 15) is 4.79 Å². The number of hydrogen-bond donors (Lipinski definition) is 1. The molecule has 0 spiro atoms. The number of anilines is 1. The van der Waals surface area contributed by atoms with Crippen LogP contribution in [0.25, 0.3) is 5.69 Å². The molecule has 1 fully saturated rings. The summed E-state index contributed by atoms with van der Waals surface area (Å²) in [5.41, 5.74) is 4.27. The normalized spacial score (nSPS) is 16.6. The van der Waals surface area contributed by atoms with Gasteiger partial charge in [0.25, 0.3) is 0 Å². The lowest BCUT2D eigenvalue weighted by Crippen LogP contribution is -2.35. The Balaban J connectivity index is 1.24. The van der Waals surface area contributed by atoms with E-state index in [1.165, 1.54) is 18.4 Å². The summed E-state index contributed by atoms with van der Waals surface area (Å²) in [5.74, 6) is 1.46. The van der Waals surface area contributed by atoms with Crippen molar-refractivity contribution in [1.29, 1.82) is 0 Å². The van der Waals surface area contributed by atoms with Crippen molar-refractivity contribution in [2.75, 3.05) is 25.5 Å². The van der Waals surface area contributed by atoms with Gasteiger partial charge in [-0.25, -0.2) is 4.68 Å². The van der Waals surface area contributed by atoms with Gasteiger partial charge in [0, 0.05) is 37.6 Å². The maximum atomic E-state index is 12.5. The second-order valence-corrected chi connectivity index (χ2v) is 8.63. The summed E-state index contributed by atoms with van der Waals surface area (Å²) in [4.78, 5) is 15.0. The predicted octanol–water partition coefficient (Wildman–Crippen LogP) is 4.82. The van der Waals surface area contributed by atoms with Crippen LogP contribution in [0.2, 0.25) is 0 Å². The van der Waals surface area contributed by atoms with E-state index in [2.05, 4.69) is 39.6 Å². The van der Waals surface area contributed by atoms with Crippen molar-refractivity contribution in [3.8, 4) is 11.4 Å². The maximum absolute atomic E-state index is 12.5. The molecule has 0 saturated carbocycles. The summed E-state index contributed by atoms with van der Waals surface area (Å²) in [7, 11) is 1.65. The lowest BCUT2D eigenvalue weighted by Gasteiger charge is -2.32. The molecule has 2 heterocycles. The Labute approximate surface area is 190 Å². The van der Waals surface area contributed by atoms with Crippen molar-refractivity contribution < 1.29 is 9.53 Å². The quantitative estimate of drug-likeness (QED) is 0.554. The van der Waals surface area contributed by atoms with Gasteiger partial charge < -0.3 is 10.1 Å². The Hall–Kier alpha value is -3.12. The molecule has 168 valence electrons. The number of rotatable bonds is 8. The van der Waals surface area contributed by atoms with Crippen LogP contribution in [0.3, 0.4) is 0 Å². The maximum Gasteiger partial charge on any atom is 0.224 e. The van der Waals surface area contributed by atoms with Gasteiger partial charge >= 0.3 is 0 Å². The van der Waals surface area contributed by atoms with Gasteiger partial charge in [-0.1, -0.05) is 12.1 Å². The number of nitrogens with zero attached hydrogens (tertiary/aromatic N) is 3. The highest BCUT2D eigenvalue weighted by molar-refractivity contribution is 5.91. The first-order chi connectivity index (χ1) is 15.6. The van der Waals surface area contributed by atoms with Crippen LogP contribution in [0.1, 0.15) is 36.8 Å². The highest BCUT2D eigenvalue weighted by atomic mass is 16.5. The zero-order valence-electron chi connectivity index (χ0n) is 19.0. The smallest absolute Gasteiger partial charge is 0.224 e. The SMILES string of the molecule is COc1ccc(NC(=O)CC[C@H]2CCCN(Cc3ccc(-n4cccn4)cc3)C2)c(C)c1. The van der Waals surface area contributed by atoms with Crippen LogP contribution in [0.15, 0.2) is 60.9 Å². The van der Waals surface area contributed by atoms with E-state index < -0.39 is 0 Å². The number of amides is 1. The van der Waals surface area contributed by atoms with E-state index in [1.54, 1.807) is 13.3 Å². The van der Waals surface area contributed by atoms with E-state index in [0.717, 1.165) is 48.7 Å². The fourth-order valence-corrected chi connectivity index (χ4v) is 4.42. The van der Waals surface area contributed by atoms with Crippen LogP contribution in [-0.2, 0) is 11.3 Å². The molecule has 32 heavy (non-hydrogen) atoms. The summed E-state index contributed by atoms with van der Waals surface area (Å²) in [6.45, 7) is 5.11. The third-order valence-electron chi connectivity index (χ3n) is 6.20. The topological polar surface area (TPSA) is 59.4 Å². The standard InChI is InChI=1S/C26H32N4O2/c1-20-17-24(32-2)11-12-25(20)28-26(31)13-8-21-5-3-15-29(18-21)19-22-6-9-23(10-7-22)30-16-4-14-27-30/h4,6-7,9-12,14,16-17,21H,3,5,8,13,15,18-19H2,1-2H3,(H,28,31)/t21-/m1/s1. The molecular formula is C26H32N4O2. The van der Waals surface area contributed by atoms with Gasteiger partial charge in [0.2, 0.25) is 5.91 Å². The van der Waals surface area contributed by atoms with Crippen LogP contribution in [0.4, 0.5) is 5.69 Å². The minimum Gasteiger partial charge on any atom is -0.497 e. The molecule has 0 bridgehead atoms. The molecule has 1 aliphatic heterocycles. The summed E-state index contributed by atoms with van der Waals surface area (Å²) in [6.07, 6.45) is 7.62. The van der Waals surface area contributed by atoms with E-state index in [0.29, 0.717) is 12.3 Å². The van der Waals surface area contributed by atoms with Gasteiger partial charge in [-0.05, 0) is 86.2 Å². The number of benzene rings is 2. The first-order valence-electron chi connectivity index (χ1n) is 11.4. The van der Waals surface area contributed by atoms with Crippen molar-refractivity contribution in [3.05, 3.63) is 72.1 Å². The number of aryl methyl sites for hydroxylation is 1. The molecule has 1 atom stereocenters. The first kappa shape index (κ1) is 22.1.